The van der Waals surface area contributed by atoms with Crippen LogP contribution in [-0.2, 0) is 13.1 Å². The van der Waals surface area contributed by atoms with Gasteiger partial charge in [0.05, 0.1) is 17.2 Å². The molecule has 282 valence electrons. The molecule has 3 amide bonds. The van der Waals surface area contributed by atoms with Crippen molar-refractivity contribution >= 4 is 39.5 Å². The number of aromatic nitrogens is 2. The summed E-state index contributed by atoms with van der Waals surface area (Å²) in [6.07, 6.45) is 5.21. The number of carbonyl (C=O) groups excluding carboxylic acids is 3. The van der Waals surface area contributed by atoms with Crippen molar-refractivity contribution in [2.75, 3.05) is 26.2 Å². The highest BCUT2D eigenvalue weighted by molar-refractivity contribution is 6.21. The number of phenols is 2. The average Bonchev–Trinajstić information content (AvgIpc) is 4.04. The molecule has 0 spiro atoms. The van der Waals surface area contributed by atoms with Crippen LogP contribution >= 0.6 is 0 Å². The van der Waals surface area contributed by atoms with Gasteiger partial charge in [-0.1, -0.05) is 36.4 Å². The Hall–Kier alpha value is -5.91. The van der Waals surface area contributed by atoms with Crippen molar-refractivity contribution in [2.24, 2.45) is 0 Å². The third-order valence-corrected chi connectivity index (χ3v) is 11.1. The summed E-state index contributed by atoms with van der Waals surface area (Å²) >= 11 is 0. The topological polar surface area (TPSA) is 154 Å². The summed E-state index contributed by atoms with van der Waals surface area (Å²) in [5, 5.41) is 27.3. The zero-order valence-corrected chi connectivity index (χ0v) is 31.2. The van der Waals surface area contributed by atoms with Crippen molar-refractivity contribution in [1.82, 2.24) is 30.4 Å². The molecule has 0 saturated carbocycles. The highest BCUT2D eigenvalue weighted by Gasteiger charge is 2.34. The van der Waals surface area contributed by atoms with E-state index in [0.29, 0.717) is 16.7 Å². The van der Waals surface area contributed by atoms with Crippen LogP contribution in [-0.4, -0.2) is 73.9 Å². The van der Waals surface area contributed by atoms with Gasteiger partial charge in [0.15, 0.2) is 0 Å². The molecule has 0 aliphatic carbocycles. The van der Waals surface area contributed by atoms with Gasteiger partial charge in [-0.05, 0) is 130 Å². The minimum Gasteiger partial charge on any atom is -0.508 e. The lowest BCUT2D eigenvalue weighted by atomic mass is 9.94. The molecule has 1 unspecified atom stereocenters. The van der Waals surface area contributed by atoms with Crippen LogP contribution in [0.25, 0.3) is 21.8 Å². The number of phenolic OH excluding ortho intramolecular Hbond substituents is 2. The van der Waals surface area contributed by atoms with Crippen molar-refractivity contribution in [3.8, 4) is 11.5 Å². The molecule has 4 aromatic carbocycles. The Morgan fingerprint density at radius 3 is 1.91 bits per heavy atom. The number of amides is 3. The molecule has 0 bridgehead atoms. The van der Waals surface area contributed by atoms with Crippen LogP contribution in [0.3, 0.4) is 0 Å². The van der Waals surface area contributed by atoms with Crippen LogP contribution < -0.4 is 10.6 Å². The van der Waals surface area contributed by atoms with Gasteiger partial charge >= 0.3 is 0 Å². The van der Waals surface area contributed by atoms with E-state index in [1.807, 2.05) is 19.1 Å². The van der Waals surface area contributed by atoms with Crippen LogP contribution in [0, 0.1) is 13.8 Å². The molecule has 6 N–H and O–H groups in total. The number of aromatic hydroxyl groups is 2. The molecule has 6 heterocycles. The Labute approximate surface area is 319 Å². The molecule has 2 saturated heterocycles. The largest absolute Gasteiger partial charge is 0.508 e. The quantitative estimate of drug-likeness (QED) is 0.105. The lowest BCUT2D eigenvalue weighted by Gasteiger charge is -2.19. The van der Waals surface area contributed by atoms with Gasteiger partial charge in [-0.2, -0.15) is 0 Å². The number of nitrogens with zero attached hydrogens (tertiary/aromatic N) is 2. The van der Waals surface area contributed by atoms with Crippen molar-refractivity contribution in [2.45, 2.75) is 58.7 Å². The predicted octanol–water partition coefficient (Wildman–Crippen LogP) is 6.96. The number of rotatable bonds is 5. The number of aromatic amines is 2. The van der Waals surface area contributed by atoms with Crippen molar-refractivity contribution in [3.05, 3.63) is 129 Å². The molecule has 1 atom stereocenters. The summed E-state index contributed by atoms with van der Waals surface area (Å²) in [7, 11) is 0. The van der Waals surface area contributed by atoms with Crippen LogP contribution in [0.2, 0.25) is 0 Å². The Morgan fingerprint density at radius 2 is 1.22 bits per heavy atom. The lowest BCUT2D eigenvalue weighted by molar-refractivity contribution is 0.0877. The third kappa shape index (κ3) is 7.33. The summed E-state index contributed by atoms with van der Waals surface area (Å²) in [5.74, 6) is -0.659. The zero-order chi connectivity index (χ0) is 38.2. The smallest absolute Gasteiger partial charge is 0.259 e. The third-order valence-electron chi connectivity index (χ3n) is 11.1. The lowest BCUT2D eigenvalue weighted by Crippen LogP contribution is -2.23. The first-order chi connectivity index (χ1) is 26.6. The minimum atomic E-state index is -0.449. The van der Waals surface area contributed by atoms with Gasteiger partial charge in [-0.25, -0.2) is 0 Å². The summed E-state index contributed by atoms with van der Waals surface area (Å²) in [6.45, 7) is 10.2. The number of hydrogen-bond donors (Lipinski definition) is 6. The van der Waals surface area contributed by atoms with Gasteiger partial charge in [-0.3, -0.25) is 29.5 Å². The van der Waals surface area contributed by atoms with Gasteiger partial charge in [-0.15, -0.1) is 0 Å². The Morgan fingerprint density at radius 1 is 0.636 bits per heavy atom. The number of imide groups is 1. The van der Waals surface area contributed by atoms with E-state index in [2.05, 4.69) is 72.9 Å². The molecule has 11 nitrogen and oxygen atoms in total. The van der Waals surface area contributed by atoms with Gasteiger partial charge in [0.1, 0.15) is 11.5 Å². The number of likely N-dealkylation sites (tertiary alicyclic amines) is 2. The molecule has 55 heavy (non-hydrogen) atoms. The van der Waals surface area contributed by atoms with E-state index in [9.17, 15) is 24.6 Å². The fourth-order valence-electron chi connectivity index (χ4n) is 8.21. The zero-order valence-electron chi connectivity index (χ0n) is 31.2. The summed E-state index contributed by atoms with van der Waals surface area (Å²) < 4.78 is 0. The van der Waals surface area contributed by atoms with E-state index < -0.39 is 11.8 Å². The molecule has 6 aromatic rings. The van der Waals surface area contributed by atoms with Gasteiger partial charge in [0.25, 0.3) is 17.7 Å². The first kappa shape index (κ1) is 36.1. The molecule has 2 aromatic heterocycles. The highest BCUT2D eigenvalue weighted by atomic mass is 16.3. The number of carbonyl (C=O) groups is 3. The minimum absolute atomic E-state index is 0.0311. The first-order valence-electron chi connectivity index (χ1n) is 19.1. The van der Waals surface area contributed by atoms with Crippen LogP contribution in [0.1, 0.15) is 96.4 Å². The first-order valence-corrected chi connectivity index (χ1v) is 19.1. The van der Waals surface area contributed by atoms with Gasteiger partial charge in [0.2, 0.25) is 0 Å². The monoisotopic (exact) mass is 738 g/mol. The second kappa shape index (κ2) is 15.1. The Bertz CT molecular complexity index is 2360. The van der Waals surface area contributed by atoms with E-state index in [1.54, 1.807) is 19.1 Å². The van der Waals surface area contributed by atoms with Crippen molar-refractivity contribution in [3.63, 3.8) is 0 Å². The Kier molecular flexibility index (Phi) is 9.89. The summed E-state index contributed by atoms with van der Waals surface area (Å²) in [6, 6.07) is 25.1. The second-order valence-electron chi connectivity index (χ2n) is 15.0. The number of hydrogen-bond acceptors (Lipinski definition) is 7. The number of fused-ring (bicyclic) bond motifs is 4. The van der Waals surface area contributed by atoms with Crippen LogP contribution in [0.15, 0.2) is 78.9 Å². The van der Waals surface area contributed by atoms with E-state index in [-0.39, 0.29) is 29.0 Å². The average molecular weight is 739 g/mol. The molecule has 10 rings (SSSR count). The molecule has 2 fully saturated rings. The highest BCUT2D eigenvalue weighted by Crippen LogP contribution is 2.40. The fourth-order valence-corrected chi connectivity index (χ4v) is 8.21. The number of benzene rings is 4. The number of aryl methyl sites for hydroxylation is 2. The molecular weight excluding hydrogens is 693 g/mol. The van der Waals surface area contributed by atoms with Crippen molar-refractivity contribution < 1.29 is 24.6 Å². The maximum Gasteiger partial charge on any atom is 0.259 e. The van der Waals surface area contributed by atoms with Gasteiger partial charge in [0, 0.05) is 52.0 Å². The molecular formula is C44H46N6O5. The van der Waals surface area contributed by atoms with E-state index in [0.717, 1.165) is 59.5 Å². The molecule has 0 radical (unpaired) electrons. The Balaban J connectivity index is 0.000000129. The maximum absolute atomic E-state index is 12.6. The summed E-state index contributed by atoms with van der Waals surface area (Å²) in [5.41, 5.74) is 9.36. The number of H-pyrrole nitrogens is 2. The SMILES string of the molecule is Cc1cc2c(cc1O)C(=O)NC2=O.Cc1cc2c(cc1O)C(c1c(CN3CCCC3)[nH]c3ccccc13)NC2=O.c1ccc2[nH]c(CN3CCCC3)cc2c1. The van der Waals surface area contributed by atoms with Crippen LogP contribution in [0.4, 0.5) is 0 Å². The van der Waals surface area contributed by atoms with E-state index >= 15 is 0 Å². The molecule has 11 heteroatoms. The van der Waals surface area contributed by atoms with Gasteiger partial charge < -0.3 is 25.5 Å². The molecule has 4 aliphatic rings. The summed E-state index contributed by atoms with van der Waals surface area (Å²) in [4.78, 5) is 46.9. The van der Waals surface area contributed by atoms with E-state index in [1.165, 1.54) is 67.5 Å². The maximum atomic E-state index is 12.6. The standard InChI is InChI=1S/C22H23N3O2.C13H16N2.C9H7NO3/c1-13-10-16-15(11-19(13)26)21(24-22(16)27)20-14-6-2-3-7-17(14)23-18(20)12-25-8-4-5-9-25;1-2-6-13-11(5-1)9-12(14-13)10-15-7-3-4-8-15;1-4-2-5-6(3-7(4)11)9(13)10-8(5)12/h2-3,6-7,10-11,21,23,26H,4-5,8-9,12H2,1H3,(H,24,27);1-2,5-6,9,14H,3-4,7-8,10H2;2-3,11H,1H3,(H,10,12,13). The normalized spacial score (nSPS) is 17.8. The van der Waals surface area contributed by atoms with Crippen LogP contribution in [0.5, 0.6) is 11.5 Å². The second-order valence-corrected chi connectivity index (χ2v) is 15.0. The molecule has 4 aliphatic heterocycles. The fraction of sp³-hybridized carbons (Fsp3) is 0.295. The van der Waals surface area contributed by atoms with E-state index in [4.69, 9.17) is 0 Å². The number of para-hydroxylation sites is 2. The predicted molar refractivity (Wildman–Crippen MR) is 212 cm³/mol. The number of nitrogens with one attached hydrogen (secondary N) is 4. The van der Waals surface area contributed by atoms with Crippen molar-refractivity contribution in [1.29, 1.82) is 0 Å².